The number of pyridine rings is 1. The Balaban J connectivity index is 1.65. The quantitative estimate of drug-likeness (QED) is 0.674. The third-order valence-corrected chi connectivity index (χ3v) is 7.27. The first-order chi connectivity index (χ1) is 14.8. The number of sulfonamides is 1. The van der Waals surface area contributed by atoms with E-state index in [9.17, 15) is 13.2 Å². The number of rotatable bonds is 4. The molecule has 0 fully saturated rings. The highest BCUT2D eigenvalue weighted by atomic mass is 32.2. The molecule has 2 heterocycles. The number of aromatic nitrogens is 1. The first kappa shape index (κ1) is 21.0. The number of fused-ring (bicyclic) bond motifs is 1. The summed E-state index contributed by atoms with van der Waals surface area (Å²) in [7, 11) is -3.87. The van der Waals surface area contributed by atoms with Crippen molar-refractivity contribution in [3.63, 3.8) is 0 Å². The fraction of sp³-hybridized carbons (Fsp3) is 0.217. The van der Waals surface area contributed by atoms with Crippen LogP contribution in [0.25, 0.3) is 0 Å². The molecule has 2 aromatic carbocycles. The molecule has 0 aliphatic carbocycles. The van der Waals surface area contributed by atoms with E-state index in [1.54, 1.807) is 17.2 Å². The number of amides is 1. The summed E-state index contributed by atoms with van der Waals surface area (Å²) < 4.78 is 27.6. The van der Waals surface area contributed by atoms with Crippen LogP contribution in [0.4, 0.5) is 17.2 Å². The van der Waals surface area contributed by atoms with Crippen molar-refractivity contribution >= 4 is 33.1 Å². The summed E-state index contributed by atoms with van der Waals surface area (Å²) in [6, 6.07) is 16.5. The molecule has 1 aliphatic rings. The molecule has 0 atom stereocenters. The number of carbonyl (C=O) groups is 1. The lowest BCUT2D eigenvalue weighted by molar-refractivity contribution is -0.116. The Morgan fingerprint density at radius 3 is 2.52 bits per heavy atom. The monoisotopic (exact) mass is 436 g/mol. The van der Waals surface area contributed by atoms with Crippen molar-refractivity contribution in [2.45, 2.75) is 25.7 Å². The van der Waals surface area contributed by atoms with E-state index in [0.29, 0.717) is 11.5 Å². The first-order valence-corrected chi connectivity index (χ1v) is 11.4. The molecule has 0 unspecified atom stereocenters. The van der Waals surface area contributed by atoms with E-state index in [-0.39, 0.29) is 18.1 Å². The van der Waals surface area contributed by atoms with Crippen molar-refractivity contribution in [2.75, 3.05) is 23.4 Å². The van der Waals surface area contributed by atoms with Gasteiger partial charge in [-0.25, -0.2) is 13.4 Å². The Labute approximate surface area is 182 Å². The molecule has 0 saturated heterocycles. The van der Waals surface area contributed by atoms with Gasteiger partial charge in [0, 0.05) is 17.6 Å². The summed E-state index contributed by atoms with van der Waals surface area (Å²) in [6.07, 6.45) is 1.57. The zero-order valence-corrected chi connectivity index (χ0v) is 18.5. The van der Waals surface area contributed by atoms with Crippen molar-refractivity contribution in [1.82, 2.24) is 9.29 Å². The van der Waals surface area contributed by atoms with E-state index in [1.165, 1.54) is 10.4 Å². The first-order valence-electron chi connectivity index (χ1n) is 9.93. The van der Waals surface area contributed by atoms with Gasteiger partial charge in [0.1, 0.15) is 4.90 Å². The molecule has 0 bridgehead atoms. The van der Waals surface area contributed by atoms with Gasteiger partial charge in [0.05, 0.1) is 13.2 Å². The van der Waals surface area contributed by atoms with Crippen LogP contribution >= 0.6 is 0 Å². The second kappa shape index (κ2) is 8.13. The molecule has 3 aromatic rings. The number of nitrogens with zero attached hydrogens (tertiary/aromatic N) is 3. The molecule has 8 heteroatoms. The molecule has 160 valence electrons. The van der Waals surface area contributed by atoms with Gasteiger partial charge >= 0.3 is 0 Å². The Morgan fingerprint density at radius 2 is 1.77 bits per heavy atom. The molecule has 1 aliphatic heterocycles. The fourth-order valence-electron chi connectivity index (χ4n) is 3.53. The summed E-state index contributed by atoms with van der Waals surface area (Å²) >= 11 is 0. The summed E-state index contributed by atoms with van der Waals surface area (Å²) in [5.74, 6) is -0.0361. The maximum atomic E-state index is 13.2. The van der Waals surface area contributed by atoms with Gasteiger partial charge in [-0.05, 0) is 62.2 Å². The minimum Gasteiger partial charge on any atom is -0.325 e. The lowest BCUT2D eigenvalue weighted by Crippen LogP contribution is -2.47. The van der Waals surface area contributed by atoms with Crippen molar-refractivity contribution in [3.05, 3.63) is 77.5 Å². The number of nitrogens with one attached hydrogen (secondary N) is 1. The molecule has 0 spiro atoms. The number of carbonyl (C=O) groups excluding carboxylic acids is 1. The normalized spacial score (nSPS) is 15.4. The number of aryl methyl sites for hydroxylation is 2. The van der Waals surface area contributed by atoms with Gasteiger partial charge in [-0.3, -0.25) is 4.79 Å². The molecule has 1 N–H and O–H groups in total. The van der Waals surface area contributed by atoms with E-state index in [1.807, 2.05) is 63.2 Å². The molecule has 1 amide bonds. The third-order valence-electron chi connectivity index (χ3n) is 5.47. The number of benzene rings is 2. The average molecular weight is 437 g/mol. The predicted octanol–water partition coefficient (Wildman–Crippen LogP) is 3.75. The molecule has 31 heavy (non-hydrogen) atoms. The van der Waals surface area contributed by atoms with E-state index in [2.05, 4.69) is 10.3 Å². The summed E-state index contributed by atoms with van der Waals surface area (Å²) in [5.41, 5.74) is 4.58. The van der Waals surface area contributed by atoms with Gasteiger partial charge in [-0.2, -0.15) is 4.31 Å². The second-order valence-electron chi connectivity index (χ2n) is 7.64. The van der Waals surface area contributed by atoms with Gasteiger partial charge in [0.15, 0.2) is 5.82 Å². The van der Waals surface area contributed by atoms with E-state index in [4.69, 9.17) is 0 Å². The highest BCUT2D eigenvalue weighted by molar-refractivity contribution is 7.89. The van der Waals surface area contributed by atoms with Crippen molar-refractivity contribution in [1.29, 1.82) is 0 Å². The lowest BCUT2D eigenvalue weighted by Gasteiger charge is -2.36. The highest BCUT2D eigenvalue weighted by Gasteiger charge is 2.38. The van der Waals surface area contributed by atoms with Crippen LogP contribution in [0.2, 0.25) is 0 Å². The van der Waals surface area contributed by atoms with Gasteiger partial charge < -0.3 is 10.2 Å². The maximum Gasteiger partial charge on any atom is 0.248 e. The molecule has 4 rings (SSSR count). The van der Waals surface area contributed by atoms with Crippen LogP contribution in [-0.2, 0) is 14.8 Å². The van der Waals surface area contributed by atoms with Crippen LogP contribution in [0, 0.1) is 20.8 Å². The number of anilines is 3. The summed E-state index contributed by atoms with van der Waals surface area (Å²) in [5, 5.41) is 2.84. The molecule has 1 aromatic heterocycles. The smallest absolute Gasteiger partial charge is 0.248 e. The third kappa shape index (κ3) is 4.04. The zero-order chi connectivity index (χ0) is 22.2. The SMILES string of the molecule is Cc1ccc(N2CN(CC(=O)Nc3cccc(C)c3C)S(=O)(=O)c3cccnc32)cc1. The summed E-state index contributed by atoms with van der Waals surface area (Å²) in [6.45, 7) is 5.57. The Hall–Kier alpha value is -3.23. The standard InChI is InChI=1S/C23H24N4O3S/c1-16-9-11-19(12-10-16)27-15-26(31(29,30)21-8-5-13-24-23(21)27)14-22(28)25-20-7-4-6-17(2)18(20)3/h4-13H,14-15H2,1-3H3,(H,25,28). The Kier molecular flexibility index (Phi) is 5.51. The van der Waals surface area contributed by atoms with Gasteiger partial charge in [0.25, 0.3) is 0 Å². The number of hydrogen-bond donors (Lipinski definition) is 1. The molecule has 0 saturated carbocycles. The van der Waals surface area contributed by atoms with E-state index < -0.39 is 15.9 Å². The lowest BCUT2D eigenvalue weighted by atomic mass is 10.1. The highest BCUT2D eigenvalue weighted by Crippen LogP contribution is 2.36. The average Bonchev–Trinajstić information content (AvgIpc) is 2.74. The van der Waals surface area contributed by atoms with Crippen LogP contribution in [0.1, 0.15) is 16.7 Å². The predicted molar refractivity (Wildman–Crippen MR) is 121 cm³/mol. The number of hydrogen-bond acceptors (Lipinski definition) is 5. The van der Waals surface area contributed by atoms with Crippen molar-refractivity contribution in [3.8, 4) is 0 Å². The second-order valence-corrected chi connectivity index (χ2v) is 9.55. The topological polar surface area (TPSA) is 82.6 Å². The minimum absolute atomic E-state index is 0.00434. The summed E-state index contributed by atoms with van der Waals surface area (Å²) in [4.78, 5) is 19.0. The van der Waals surface area contributed by atoms with Crippen molar-refractivity contribution < 1.29 is 13.2 Å². The van der Waals surface area contributed by atoms with Gasteiger partial charge in [-0.15, -0.1) is 0 Å². The van der Waals surface area contributed by atoms with Crippen LogP contribution in [0.3, 0.4) is 0 Å². The Bertz CT molecular complexity index is 1240. The van der Waals surface area contributed by atoms with E-state index >= 15 is 0 Å². The van der Waals surface area contributed by atoms with Crippen molar-refractivity contribution in [2.24, 2.45) is 0 Å². The molecular formula is C23H24N4O3S. The molecule has 7 nitrogen and oxygen atoms in total. The van der Waals surface area contributed by atoms with Gasteiger partial charge in [0.2, 0.25) is 15.9 Å². The zero-order valence-electron chi connectivity index (χ0n) is 17.7. The molecule has 0 radical (unpaired) electrons. The van der Waals surface area contributed by atoms with Crippen LogP contribution in [-0.4, -0.2) is 36.8 Å². The van der Waals surface area contributed by atoms with Crippen LogP contribution in [0.5, 0.6) is 0 Å². The maximum absolute atomic E-state index is 13.2. The van der Waals surface area contributed by atoms with Gasteiger partial charge in [-0.1, -0.05) is 29.8 Å². The van der Waals surface area contributed by atoms with Crippen LogP contribution in [0.15, 0.2) is 65.7 Å². The minimum atomic E-state index is -3.87. The fourth-order valence-corrected chi connectivity index (χ4v) is 5.00. The molecular weight excluding hydrogens is 412 g/mol. The van der Waals surface area contributed by atoms with E-state index in [0.717, 1.165) is 22.4 Å². The van der Waals surface area contributed by atoms with Crippen LogP contribution < -0.4 is 10.2 Å². The largest absolute Gasteiger partial charge is 0.325 e. The Morgan fingerprint density at radius 1 is 1.03 bits per heavy atom.